The maximum absolute atomic E-state index is 11.8. The first-order chi connectivity index (χ1) is 8.50. The second-order valence-corrected chi connectivity index (χ2v) is 6.01. The summed E-state index contributed by atoms with van der Waals surface area (Å²) in [7, 11) is 0. The van der Waals surface area contributed by atoms with Crippen molar-refractivity contribution in [1.29, 1.82) is 0 Å². The van der Waals surface area contributed by atoms with Crippen LogP contribution >= 0.6 is 0 Å². The fourth-order valence-corrected chi connectivity index (χ4v) is 2.19. The molecule has 0 N–H and O–H groups in total. The van der Waals surface area contributed by atoms with Gasteiger partial charge in [-0.1, -0.05) is 33.6 Å². The highest BCUT2D eigenvalue weighted by molar-refractivity contribution is 5.78. The van der Waals surface area contributed by atoms with Gasteiger partial charge >= 0.3 is 0 Å². The van der Waals surface area contributed by atoms with Crippen molar-refractivity contribution in [2.45, 2.75) is 53.4 Å². The van der Waals surface area contributed by atoms with Gasteiger partial charge in [-0.25, -0.2) is 0 Å². The van der Waals surface area contributed by atoms with Gasteiger partial charge in [0.1, 0.15) is 0 Å². The Kier molecular flexibility index (Phi) is 6.25. The van der Waals surface area contributed by atoms with Crippen molar-refractivity contribution in [3.05, 3.63) is 0 Å². The van der Waals surface area contributed by atoms with Crippen LogP contribution in [0.1, 0.15) is 53.4 Å². The lowest BCUT2D eigenvalue weighted by Crippen LogP contribution is -2.40. The third-order valence-electron chi connectivity index (χ3n) is 3.45. The molecule has 0 radical (unpaired) electrons. The lowest BCUT2D eigenvalue weighted by atomic mass is 9.96. The molecule has 18 heavy (non-hydrogen) atoms. The topological polar surface area (TPSA) is 20.3 Å². The van der Waals surface area contributed by atoms with Gasteiger partial charge in [-0.2, -0.15) is 0 Å². The normalized spacial score (nSPS) is 16.9. The molecular weight excluding hydrogens is 222 g/mol. The lowest BCUT2D eigenvalue weighted by molar-refractivity contribution is -0.135. The summed E-state index contributed by atoms with van der Waals surface area (Å²) in [5.41, 5.74) is 0. The van der Waals surface area contributed by atoms with Crippen molar-refractivity contribution in [2.24, 2.45) is 17.8 Å². The SMILES string of the molecule is CC(C)CCC#CC1CCN(C(=O)C(C)C)CC1. The largest absolute Gasteiger partial charge is 0.342 e. The molecule has 1 heterocycles. The van der Waals surface area contributed by atoms with Crippen LogP contribution in [0.5, 0.6) is 0 Å². The number of likely N-dealkylation sites (tertiary alicyclic amines) is 1. The van der Waals surface area contributed by atoms with Crippen LogP contribution in [0.25, 0.3) is 0 Å². The third kappa shape index (κ3) is 5.12. The Morgan fingerprint density at radius 3 is 2.33 bits per heavy atom. The Morgan fingerprint density at radius 2 is 1.83 bits per heavy atom. The predicted octanol–water partition coefficient (Wildman–Crippen LogP) is 3.32. The Hall–Kier alpha value is -0.970. The molecule has 0 bridgehead atoms. The second-order valence-electron chi connectivity index (χ2n) is 6.01. The van der Waals surface area contributed by atoms with E-state index in [9.17, 15) is 4.79 Å². The van der Waals surface area contributed by atoms with Crippen molar-refractivity contribution in [3.8, 4) is 11.8 Å². The van der Waals surface area contributed by atoms with Crippen LogP contribution in [0.2, 0.25) is 0 Å². The first-order valence-electron chi connectivity index (χ1n) is 7.28. The summed E-state index contributed by atoms with van der Waals surface area (Å²) < 4.78 is 0. The molecule has 2 nitrogen and oxygen atoms in total. The van der Waals surface area contributed by atoms with Crippen molar-refractivity contribution in [3.63, 3.8) is 0 Å². The molecule has 0 spiro atoms. The van der Waals surface area contributed by atoms with Crippen molar-refractivity contribution < 1.29 is 4.79 Å². The van der Waals surface area contributed by atoms with Gasteiger partial charge in [0.25, 0.3) is 0 Å². The van der Waals surface area contributed by atoms with E-state index in [0.29, 0.717) is 11.8 Å². The van der Waals surface area contributed by atoms with Gasteiger partial charge in [-0.05, 0) is 25.2 Å². The number of hydrogen-bond acceptors (Lipinski definition) is 1. The molecule has 2 heteroatoms. The summed E-state index contributed by atoms with van der Waals surface area (Å²) in [6, 6.07) is 0. The van der Waals surface area contributed by atoms with Crippen molar-refractivity contribution in [2.75, 3.05) is 13.1 Å². The third-order valence-corrected chi connectivity index (χ3v) is 3.45. The van der Waals surface area contributed by atoms with Crippen molar-refractivity contribution >= 4 is 5.91 Å². The lowest BCUT2D eigenvalue weighted by Gasteiger charge is -2.31. The summed E-state index contributed by atoms with van der Waals surface area (Å²) in [5, 5.41) is 0. The minimum Gasteiger partial charge on any atom is -0.342 e. The first-order valence-corrected chi connectivity index (χ1v) is 7.28. The van der Waals surface area contributed by atoms with Crippen LogP contribution in [0.15, 0.2) is 0 Å². The van der Waals surface area contributed by atoms with Gasteiger partial charge in [0, 0.05) is 31.3 Å². The predicted molar refractivity (Wildman–Crippen MR) is 76.0 cm³/mol. The highest BCUT2D eigenvalue weighted by atomic mass is 16.2. The van der Waals surface area contributed by atoms with Gasteiger partial charge in [0.15, 0.2) is 0 Å². The zero-order chi connectivity index (χ0) is 13.5. The Bertz CT molecular complexity index is 314. The maximum atomic E-state index is 11.8. The van der Waals surface area contributed by atoms with Crippen LogP contribution in [0.4, 0.5) is 0 Å². The summed E-state index contributed by atoms with van der Waals surface area (Å²) in [6.07, 6.45) is 4.31. The van der Waals surface area contributed by atoms with E-state index in [1.807, 2.05) is 18.7 Å². The highest BCUT2D eigenvalue weighted by Gasteiger charge is 2.22. The van der Waals surface area contributed by atoms with Gasteiger partial charge in [0.05, 0.1) is 0 Å². The molecule has 1 aliphatic heterocycles. The van der Waals surface area contributed by atoms with Gasteiger partial charge in [-0.15, -0.1) is 5.92 Å². The monoisotopic (exact) mass is 249 g/mol. The van der Waals surface area contributed by atoms with E-state index >= 15 is 0 Å². The van der Waals surface area contributed by atoms with Crippen molar-refractivity contribution in [1.82, 2.24) is 4.90 Å². The first kappa shape index (κ1) is 15.1. The zero-order valence-corrected chi connectivity index (χ0v) is 12.3. The molecule has 0 saturated carbocycles. The Balaban J connectivity index is 2.29. The van der Waals surface area contributed by atoms with E-state index in [1.165, 1.54) is 6.42 Å². The number of hydrogen-bond donors (Lipinski definition) is 0. The fraction of sp³-hybridized carbons (Fsp3) is 0.812. The Labute approximate surface area is 112 Å². The van der Waals surface area contributed by atoms with Crippen LogP contribution in [-0.2, 0) is 4.79 Å². The van der Waals surface area contributed by atoms with E-state index in [2.05, 4.69) is 25.7 Å². The average molecular weight is 249 g/mol. The molecular formula is C16H27NO. The zero-order valence-electron chi connectivity index (χ0n) is 12.3. The minimum atomic E-state index is 0.124. The summed E-state index contributed by atoms with van der Waals surface area (Å²) in [5.74, 6) is 8.34. The van der Waals surface area contributed by atoms with Gasteiger partial charge in [0.2, 0.25) is 5.91 Å². The summed E-state index contributed by atoms with van der Waals surface area (Å²) >= 11 is 0. The van der Waals surface area contributed by atoms with Crippen LogP contribution in [-0.4, -0.2) is 23.9 Å². The molecule has 1 amide bonds. The molecule has 0 aromatic rings. The number of amides is 1. The van der Waals surface area contributed by atoms with E-state index in [4.69, 9.17) is 0 Å². The molecule has 102 valence electrons. The average Bonchev–Trinajstić information content (AvgIpc) is 2.34. The number of piperidine rings is 1. The van der Waals surface area contributed by atoms with E-state index in [-0.39, 0.29) is 5.92 Å². The molecule has 1 fully saturated rings. The maximum Gasteiger partial charge on any atom is 0.225 e. The number of carbonyl (C=O) groups is 1. The standard InChI is InChI=1S/C16H27NO/c1-13(2)7-5-6-8-15-9-11-17(12-10-15)16(18)14(3)4/h13-15H,5,7,9-12H2,1-4H3. The second kappa shape index (κ2) is 7.46. The Morgan fingerprint density at radius 1 is 1.22 bits per heavy atom. The fourth-order valence-electron chi connectivity index (χ4n) is 2.19. The number of rotatable bonds is 3. The van der Waals surface area contributed by atoms with Crippen LogP contribution in [0.3, 0.4) is 0 Å². The van der Waals surface area contributed by atoms with E-state index in [0.717, 1.165) is 38.3 Å². The van der Waals surface area contributed by atoms with Crippen LogP contribution < -0.4 is 0 Å². The van der Waals surface area contributed by atoms with E-state index < -0.39 is 0 Å². The quantitative estimate of drug-likeness (QED) is 0.703. The molecule has 0 unspecified atom stereocenters. The number of carbonyl (C=O) groups excluding carboxylic acids is 1. The van der Waals surface area contributed by atoms with Gasteiger partial charge < -0.3 is 4.90 Å². The number of nitrogens with zero attached hydrogens (tertiary/aromatic N) is 1. The minimum absolute atomic E-state index is 0.124. The molecule has 0 aliphatic carbocycles. The highest BCUT2D eigenvalue weighted by Crippen LogP contribution is 2.18. The molecule has 1 rings (SSSR count). The van der Waals surface area contributed by atoms with Crippen LogP contribution in [0, 0.1) is 29.6 Å². The van der Waals surface area contributed by atoms with Gasteiger partial charge in [-0.3, -0.25) is 4.79 Å². The molecule has 1 saturated heterocycles. The van der Waals surface area contributed by atoms with E-state index in [1.54, 1.807) is 0 Å². The summed E-state index contributed by atoms with van der Waals surface area (Å²) in [6.45, 7) is 10.2. The smallest absolute Gasteiger partial charge is 0.225 e. The summed E-state index contributed by atoms with van der Waals surface area (Å²) in [4.78, 5) is 13.8. The molecule has 0 aromatic heterocycles. The molecule has 0 atom stereocenters. The molecule has 1 aliphatic rings. The molecule has 0 aromatic carbocycles.